The van der Waals surface area contributed by atoms with Crippen molar-refractivity contribution in [2.75, 3.05) is 0 Å². The van der Waals surface area contributed by atoms with Crippen molar-refractivity contribution in [3.8, 4) is 0 Å². The van der Waals surface area contributed by atoms with Crippen LogP contribution in [0.3, 0.4) is 0 Å². The third-order valence-corrected chi connectivity index (χ3v) is 3.88. The van der Waals surface area contributed by atoms with Crippen LogP contribution in [0, 0.1) is 13.8 Å². The number of aliphatic hydroxyl groups is 1. The van der Waals surface area contributed by atoms with Crippen LogP contribution in [0.15, 0.2) is 30.3 Å². The summed E-state index contributed by atoms with van der Waals surface area (Å²) in [7, 11) is 0. The third-order valence-electron chi connectivity index (χ3n) is 2.91. The zero-order chi connectivity index (χ0) is 13.8. The van der Waals surface area contributed by atoms with Crippen molar-refractivity contribution in [1.29, 1.82) is 0 Å². The third kappa shape index (κ3) is 3.43. The van der Waals surface area contributed by atoms with E-state index in [1.807, 2.05) is 44.2 Å². The van der Waals surface area contributed by atoms with Crippen LogP contribution >= 0.6 is 11.3 Å². The minimum atomic E-state index is -0.0451. The lowest BCUT2D eigenvalue weighted by molar-refractivity contribution is 0.0951. The van der Waals surface area contributed by atoms with Gasteiger partial charge in [0.1, 0.15) is 0 Å². The molecule has 4 heteroatoms. The van der Waals surface area contributed by atoms with Gasteiger partial charge in [-0.25, -0.2) is 0 Å². The molecule has 0 radical (unpaired) electrons. The van der Waals surface area contributed by atoms with Crippen molar-refractivity contribution in [3.63, 3.8) is 0 Å². The number of hydrogen-bond donors (Lipinski definition) is 2. The minimum absolute atomic E-state index is 0.0185. The lowest BCUT2D eigenvalue weighted by Crippen LogP contribution is -2.22. The Kier molecular flexibility index (Phi) is 4.35. The van der Waals surface area contributed by atoms with Gasteiger partial charge in [-0.05, 0) is 31.0 Å². The number of thiophene rings is 1. The van der Waals surface area contributed by atoms with Gasteiger partial charge in [-0.2, -0.15) is 0 Å². The molecular weight excluding hydrogens is 258 g/mol. The molecule has 2 aromatic rings. The van der Waals surface area contributed by atoms with Gasteiger partial charge < -0.3 is 10.4 Å². The monoisotopic (exact) mass is 275 g/mol. The molecule has 2 N–H and O–H groups in total. The summed E-state index contributed by atoms with van der Waals surface area (Å²) in [6, 6.07) is 9.49. The molecule has 100 valence electrons. The van der Waals surface area contributed by atoms with Gasteiger partial charge in [0.15, 0.2) is 0 Å². The highest BCUT2D eigenvalue weighted by Gasteiger charge is 2.11. The number of aliphatic hydroxyl groups excluding tert-OH is 1. The van der Waals surface area contributed by atoms with E-state index in [1.165, 1.54) is 0 Å². The van der Waals surface area contributed by atoms with Gasteiger partial charge in [0, 0.05) is 16.3 Å². The molecule has 1 aromatic heterocycles. The molecule has 1 aromatic carbocycles. The standard InChI is InChI=1S/C15H17NO2S/c1-10-6-14(11(2)19-10)15(18)16-8-12-4-3-5-13(7-12)9-17/h3-7,17H,8-9H2,1-2H3,(H,16,18). The Morgan fingerprint density at radius 3 is 2.63 bits per heavy atom. The Hall–Kier alpha value is -1.65. The van der Waals surface area contributed by atoms with E-state index in [2.05, 4.69) is 5.32 Å². The van der Waals surface area contributed by atoms with Gasteiger partial charge in [-0.3, -0.25) is 4.79 Å². The number of nitrogens with one attached hydrogen (secondary N) is 1. The highest BCUT2D eigenvalue weighted by molar-refractivity contribution is 7.12. The molecule has 0 spiro atoms. The molecule has 2 rings (SSSR count). The Balaban J connectivity index is 2.02. The number of hydrogen-bond acceptors (Lipinski definition) is 3. The Morgan fingerprint density at radius 1 is 1.26 bits per heavy atom. The molecule has 19 heavy (non-hydrogen) atoms. The number of amides is 1. The van der Waals surface area contributed by atoms with Crippen molar-refractivity contribution in [2.45, 2.75) is 27.0 Å². The van der Waals surface area contributed by atoms with Crippen LogP contribution in [0.5, 0.6) is 0 Å². The first-order valence-electron chi connectivity index (χ1n) is 6.14. The van der Waals surface area contributed by atoms with Crippen molar-refractivity contribution in [2.24, 2.45) is 0 Å². The molecule has 0 atom stereocenters. The second-order valence-electron chi connectivity index (χ2n) is 4.49. The molecule has 3 nitrogen and oxygen atoms in total. The first-order valence-corrected chi connectivity index (χ1v) is 6.95. The fourth-order valence-corrected chi connectivity index (χ4v) is 2.89. The van der Waals surface area contributed by atoms with E-state index in [0.717, 1.165) is 26.4 Å². The van der Waals surface area contributed by atoms with Gasteiger partial charge in [0.25, 0.3) is 5.91 Å². The fourth-order valence-electron chi connectivity index (χ4n) is 1.97. The predicted octanol–water partition coefficient (Wildman–Crippen LogP) is 2.79. The van der Waals surface area contributed by atoms with Gasteiger partial charge in [0.05, 0.1) is 12.2 Å². The molecule has 1 heterocycles. The maximum absolute atomic E-state index is 12.1. The molecule has 0 aliphatic carbocycles. The van der Waals surface area contributed by atoms with Gasteiger partial charge >= 0.3 is 0 Å². The maximum Gasteiger partial charge on any atom is 0.252 e. The summed E-state index contributed by atoms with van der Waals surface area (Å²) in [5, 5.41) is 12.0. The van der Waals surface area contributed by atoms with Crippen LogP contribution in [0.1, 0.15) is 31.2 Å². The summed E-state index contributed by atoms with van der Waals surface area (Å²) >= 11 is 1.63. The normalized spacial score (nSPS) is 10.5. The number of carbonyl (C=O) groups is 1. The average molecular weight is 275 g/mol. The lowest BCUT2D eigenvalue weighted by atomic mass is 10.1. The summed E-state index contributed by atoms with van der Waals surface area (Å²) in [6.07, 6.45) is 0. The molecule has 0 aliphatic rings. The Labute approximate surface area is 116 Å². The van der Waals surface area contributed by atoms with Crippen LogP contribution in [0.2, 0.25) is 0 Å². The van der Waals surface area contributed by atoms with E-state index in [4.69, 9.17) is 5.11 Å². The smallest absolute Gasteiger partial charge is 0.252 e. The van der Waals surface area contributed by atoms with Crippen LogP contribution < -0.4 is 5.32 Å². The topological polar surface area (TPSA) is 49.3 Å². The molecular formula is C15H17NO2S. The Morgan fingerprint density at radius 2 is 2.00 bits per heavy atom. The van der Waals surface area contributed by atoms with Crippen LogP contribution in [-0.2, 0) is 13.2 Å². The van der Waals surface area contributed by atoms with Crippen molar-refractivity contribution in [3.05, 3.63) is 56.8 Å². The van der Waals surface area contributed by atoms with E-state index >= 15 is 0 Å². The van der Waals surface area contributed by atoms with Crippen LogP contribution in [-0.4, -0.2) is 11.0 Å². The largest absolute Gasteiger partial charge is 0.392 e. The van der Waals surface area contributed by atoms with Crippen molar-refractivity contribution < 1.29 is 9.90 Å². The van der Waals surface area contributed by atoms with Gasteiger partial charge in [0.2, 0.25) is 0 Å². The first-order chi connectivity index (χ1) is 9.10. The second-order valence-corrected chi connectivity index (χ2v) is 5.95. The maximum atomic E-state index is 12.1. The SMILES string of the molecule is Cc1cc(C(=O)NCc2cccc(CO)c2)c(C)s1. The number of carbonyl (C=O) groups excluding carboxylic acids is 1. The van der Waals surface area contributed by atoms with E-state index < -0.39 is 0 Å². The zero-order valence-electron chi connectivity index (χ0n) is 11.1. The fraction of sp³-hybridized carbons (Fsp3) is 0.267. The van der Waals surface area contributed by atoms with Crippen molar-refractivity contribution in [1.82, 2.24) is 5.32 Å². The Bertz CT molecular complexity index is 590. The van der Waals surface area contributed by atoms with Crippen LogP contribution in [0.4, 0.5) is 0 Å². The minimum Gasteiger partial charge on any atom is -0.392 e. The summed E-state index contributed by atoms with van der Waals surface area (Å²) in [4.78, 5) is 14.2. The van der Waals surface area contributed by atoms with E-state index in [-0.39, 0.29) is 12.5 Å². The molecule has 1 amide bonds. The van der Waals surface area contributed by atoms with Crippen LogP contribution in [0.25, 0.3) is 0 Å². The van der Waals surface area contributed by atoms with Gasteiger partial charge in [-0.15, -0.1) is 11.3 Å². The molecule has 0 saturated carbocycles. The molecule has 0 aliphatic heterocycles. The van der Waals surface area contributed by atoms with E-state index in [9.17, 15) is 4.79 Å². The molecule has 0 unspecified atom stereocenters. The summed E-state index contributed by atoms with van der Waals surface area (Å²) < 4.78 is 0. The number of aryl methyl sites for hydroxylation is 2. The summed E-state index contributed by atoms with van der Waals surface area (Å²) in [5.41, 5.74) is 2.60. The predicted molar refractivity (Wildman–Crippen MR) is 77.3 cm³/mol. The summed E-state index contributed by atoms with van der Waals surface area (Å²) in [5.74, 6) is -0.0451. The van der Waals surface area contributed by atoms with E-state index in [0.29, 0.717) is 6.54 Å². The molecule has 0 fully saturated rings. The highest BCUT2D eigenvalue weighted by Crippen LogP contribution is 2.20. The number of rotatable bonds is 4. The second kappa shape index (κ2) is 5.99. The number of benzene rings is 1. The summed E-state index contributed by atoms with van der Waals surface area (Å²) in [6.45, 7) is 4.45. The highest BCUT2D eigenvalue weighted by atomic mass is 32.1. The first kappa shape index (κ1) is 13.8. The molecule has 0 bridgehead atoms. The lowest BCUT2D eigenvalue weighted by Gasteiger charge is -2.06. The van der Waals surface area contributed by atoms with E-state index in [1.54, 1.807) is 11.3 Å². The van der Waals surface area contributed by atoms with Gasteiger partial charge in [-0.1, -0.05) is 24.3 Å². The quantitative estimate of drug-likeness (QED) is 0.901. The zero-order valence-corrected chi connectivity index (χ0v) is 11.9. The molecule has 0 saturated heterocycles. The van der Waals surface area contributed by atoms with Crippen molar-refractivity contribution >= 4 is 17.2 Å². The average Bonchev–Trinajstić information content (AvgIpc) is 2.75.